The van der Waals surface area contributed by atoms with Crippen LogP contribution in [0, 0.1) is 0 Å². The lowest BCUT2D eigenvalue weighted by molar-refractivity contribution is 0.0517. The molecule has 1 aliphatic rings. The number of carbonyl (C=O) groups excluding carboxylic acids is 1. The number of benzene rings is 2. The minimum absolute atomic E-state index is 0.505. The molecule has 1 atom stereocenters. The van der Waals surface area contributed by atoms with Crippen molar-refractivity contribution in [1.82, 2.24) is 10.3 Å². The number of hydrogen-bond donors (Lipinski definition) is 1. The lowest BCUT2D eigenvalue weighted by atomic mass is 9.96. The molecule has 0 saturated carbocycles. The SMILES string of the molecule is COc1ccc(/C(=N/N2CCCC2)[C@H](NC(=O)OC(C)(C)C)c2ccc(Cl)cc2)cc1. The Hall–Kier alpha value is -2.73. The van der Waals surface area contributed by atoms with Gasteiger partial charge in [0.15, 0.2) is 0 Å². The highest BCUT2D eigenvalue weighted by Crippen LogP contribution is 2.25. The van der Waals surface area contributed by atoms with Gasteiger partial charge < -0.3 is 14.8 Å². The molecule has 1 fully saturated rings. The van der Waals surface area contributed by atoms with E-state index in [1.807, 2.05) is 69.3 Å². The summed E-state index contributed by atoms with van der Waals surface area (Å²) in [5, 5.41) is 10.7. The van der Waals surface area contributed by atoms with Gasteiger partial charge in [0.25, 0.3) is 0 Å². The number of carbonyl (C=O) groups is 1. The number of amides is 1. The van der Waals surface area contributed by atoms with Gasteiger partial charge in [0.2, 0.25) is 0 Å². The van der Waals surface area contributed by atoms with E-state index in [2.05, 4.69) is 10.3 Å². The first-order valence-electron chi connectivity index (χ1n) is 10.5. The Labute approximate surface area is 189 Å². The average Bonchev–Trinajstić information content (AvgIpc) is 3.23. The molecule has 2 aromatic carbocycles. The van der Waals surface area contributed by atoms with Crippen molar-refractivity contribution in [1.29, 1.82) is 0 Å². The molecule has 3 rings (SSSR count). The molecule has 1 amide bonds. The van der Waals surface area contributed by atoms with Crippen molar-refractivity contribution in [3.8, 4) is 5.75 Å². The van der Waals surface area contributed by atoms with E-state index in [0.29, 0.717) is 5.02 Å². The summed E-state index contributed by atoms with van der Waals surface area (Å²) < 4.78 is 10.8. The van der Waals surface area contributed by atoms with Crippen LogP contribution in [0.3, 0.4) is 0 Å². The van der Waals surface area contributed by atoms with Gasteiger partial charge in [0.05, 0.1) is 12.8 Å². The summed E-state index contributed by atoms with van der Waals surface area (Å²) in [6.07, 6.45) is 1.70. The quantitative estimate of drug-likeness (QED) is 0.606. The first-order valence-corrected chi connectivity index (χ1v) is 10.9. The molecule has 166 valence electrons. The van der Waals surface area contributed by atoms with Crippen LogP contribution in [0.2, 0.25) is 5.02 Å². The molecule has 1 heterocycles. The van der Waals surface area contributed by atoms with Crippen LogP contribution in [0.5, 0.6) is 5.75 Å². The van der Waals surface area contributed by atoms with E-state index in [9.17, 15) is 4.79 Å². The maximum atomic E-state index is 12.7. The predicted octanol–water partition coefficient (Wildman–Crippen LogP) is 5.41. The Morgan fingerprint density at radius 3 is 2.23 bits per heavy atom. The van der Waals surface area contributed by atoms with Crippen LogP contribution in [0.25, 0.3) is 0 Å². The predicted molar refractivity (Wildman–Crippen MR) is 124 cm³/mol. The summed E-state index contributed by atoms with van der Waals surface area (Å²) in [5.41, 5.74) is 1.88. The number of ether oxygens (including phenoxy) is 2. The molecular weight excluding hydrogens is 414 g/mol. The van der Waals surface area contributed by atoms with Crippen molar-refractivity contribution >= 4 is 23.4 Å². The van der Waals surface area contributed by atoms with Crippen molar-refractivity contribution in [3.63, 3.8) is 0 Å². The fraction of sp³-hybridized carbons (Fsp3) is 0.417. The van der Waals surface area contributed by atoms with E-state index in [1.165, 1.54) is 0 Å². The number of methoxy groups -OCH3 is 1. The van der Waals surface area contributed by atoms with Gasteiger partial charge in [-0.25, -0.2) is 4.79 Å². The summed E-state index contributed by atoms with van der Waals surface area (Å²) in [4.78, 5) is 12.7. The lowest BCUT2D eigenvalue weighted by Crippen LogP contribution is -2.39. The second-order valence-corrected chi connectivity index (χ2v) is 8.94. The van der Waals surface area contributed by atoms with Crippen LogP contribution in [-0.2, 0) is 4.74 Å². The summed E-state index contributed by atoms with van der Waals surface area (Å²) in [7, 11) is 1.63. The van der Waals surface area contributed by atoms with Gasteiger partial charge >= 0.3 is 6.09 Å². The first kappa shape index (κ1) is 22.9. The Morgan fingerprint density at radius 1 is 1.06 bits per heavy atom. The largest absolute Gasteiger partial charge is 0.497 e. The number of rotatable bonds is 6. The lowest BCUT2D eigenvalue weighted by Gasteiger charge is -2.26. The van der Waals surface area contributed by atoms with Gasteiger partial charge in [0.1, 0.15) is 17.4 Å². The number of alkyl carbamates (subject to hydrolysis) is 1. The van der Waals surface area contributed by atoms with Gasteiger partial charge in [-0.1, -0.05) is 23.7 Å². The molecule has 0 aromatic heterocycles. The summed E-state index contributed by atoms with van der Waals surface area (Å²) in [5.74, 6) is 0.757. The van der Waals surface area contributed by atoms with Gasteiger partial charge in [0, 0.05) is 23.7 Å². The van der Waals surface area contributed by atoms with E-state index >= 15 is 0 Å². The van der Waals surface area contributed by atoms with Crippen LogP contribution in [0.1, 0.15) is 50.8 Å². The van der Waals surface area contributed by atoms with Gasteiger partial charge in [-0.15, -0.1) is 0 Å². The van der Waals surface area contributed by atoms with Crippen molar-refractivity contribution in [3.05, 3.63) is 64.7 Å². The van der Waals surface area contributed by atoms with Crippen LogP contribution in [0.15, 0.2) is 53.6 Å². The summed E-state index contributed by atoms with van der Waals surface area (Å²) in [6.45, 7) is 7.30. The molecule has 1 N–H and O–H groups in total. The van der Waals surface area contributed by atoms with Crippen LogP contribution < -0.4 is 10.1 Å². The molecular formula is C24H30ClN3O3. The second kappa shape index (κ2) is 10.1. The molecule has 1 aliphatic heterocycles. The minimum Gasteiger partial charge on any atom is -0.497 e. The maximum Gasteiger partial charge on any atom is 0.408 e. The molecule has 1 saturated heterocycles. The highest BCUT2D eigenvalue weighted by molar-refractivity contribution is 6.30. The standard InChI is InChI=1S/C24H30ClN3O3/c1-24(2,3)31-23(29)26-21(17-7-11-19(25)12-8-17)22(27-28-15-5-6-16-28)18-9-13-20(30-4)14-10-18/h7-14,21H,5-6,15-16H2,1-4H3,(H,26,29)/b27-22-/t21-/m1/s1. The fourth-order valence-electron chi connectivity index (χ4n) is 3.39. The van der Waals surface area contributed by atoms with E-state index in [-0.39, 0.29) is 0 Å². The number of nitrogens with one attached hydrogen (secondary N) is 1. The Kier molecular flexibility index (Phi) is 7.44. The zero-order chi connectivity index (χ0) is 22.4. The van der Waals surface area contributed by atoms with E-state index < -0.39 is 17.7 Å². The van der Waals surface area contributed by atoms with E-state index in [1.54, 1.807) is 7.11 Å². The molecule has 31 heavy (non-hydrogen) atoms. The molecule has 0 aliphatic carbocycles. The van der Waals surface area contributed by atoms with Crippen molar-refractivity contribution < 1.29 is 14.3 Å². The smallest absolute Gasteiger partial charge is 0.408 e. The average molecular weight is 444 g/mol. The molecule has 6 nitrogen and oxygen atoms in total. The molecule has 0 spiro atoms. The molecule has 2 aromatic rings. The number of halogens is 1. The van der Waals surface area contributed by atoms with Crippen molar-refractivity contribution in [2.24, 2.45) is 5.10 Å². The first-order chi connectivity index (χ1) is 14.7. The summed E-state index contributed by atoms with van der Waals surface area (Å²) in [6, 6.07) is 14.6. The zero-order valence-corrected chi connectivity index (χ0v) is 19.3. The van der Waals surface area contributed by atoms with Crippen LogP contribution in [0.4, 0.5) is 4.79 Å². The topological polar surface area (TPSA) is 63.2 Å². The third kappa shape index (κ3) is 6.62. The normalized spacial score (nSPS) is 15.5. The summed E-state index contributed by atoms with van der Waals surface area (Å²) >= 11 is 6.11. The zero-order valence-electron chi connectivity index (χ0n) is 18.5. The molecule has 0 radical (unpaired) electrons. The van der Waals surface area contributed by atoms with E-state index in [0.717, 1.165) is 48.5 Å². The highest BCUT2D eigenvalue weighted by Gasteiger charge is 2.27. The number of hydrogen-bond acceptors (Lipinski definition) is 5. The van der Waals surface area contributed by atoms with Gasteiger partial charge in [-0.05, 0) is 75.6 Å². The van der Waals surface area contributed by atoms with Crippen molar-refractivity contribution in [2.45, 2.75) is 45.3 Å². The molecule has 7 heteroatoms. The minimum atomic E-state index is -0.610. The Morgan fingerprint density at radius 2 is 1.68 bits per heavy atom. The van der Waals surface area contributed by atoms with Gasteiger partial charge in [-0.2, -0.15) is 5.10 Å². The number of nitrogens with zero attached hydrogens (tertiary/aromatic N) is 2. The number of hydrazone groups is 1. The molecule has 0 bridgehead atoms. The Balaban J connectivity index is 2.04. The van der Waals surface area contributed by atoms with Crippen molar-refractivity contribution in [2.75, 3.05) is 20.2 Å². The monoisotopic (exact) mass is 443 g/mol. The highest BCUT2D eigenvalue weighted by atomic mass is 35.5. The van der Waals surface area contributed by atoms with E-state index in [4.69, 9.17) is 26.2 Å². The third-order valence-corrected chi connectivity index (χ3v) is 5.11. The Bertz CT molecular complexity index is 899. The van der Waals surface area contributed by atoms with Crippen LogP contribution >= 0.6 is 11.6 Å². The van der Waals surface area contributed by atoms with Crippen LogP contribution in [-0.4, -0.2) is 42.6 Å². The molecule has 0 unspecified atom stereocenters. The third-order valence-electron chi connectivity index (χ3n) is 4.86. The van der Waals surface area contributed by atoms with Gasteiger partial charge in [-0.3, -0.25) is 5.01 Å². The fourth-order valence-corrected chi connectivity index (χ4v) is 3.51. The second-order valence-electron chi connectivity index (χ2n) is 8.51. The maximum absolute atomic E-state index is 12.7.